The fraction of sp³-hybridized carbons (Fsp3) is 0.286. The second-order valence-electron chi connectivity index (χ2n) is 5.18. The predicted octanol–water partition coefficient (Wildman–Crippen LogP) is 2.25. The highest BCUT2D eigenvalue weighted by Crippen LogP contribution is 2.31. The lowest BCUT2D eigenvalue weighted by Crippen LogP contribution is -2.52. The summed E-state index contributed by atoms with van der Waals surface area (Å²) in [6.07, 6.45) is 2.18. The number of benzene rings is 1. The molecular weight excluding hydrogens is 272 g/mol. The minimum absolute atomic E-state index is 0.0785. The highest BCUT2D eigenvalue weighted by Gasteiger charge is 2.39. The maximum absolute atomic E-state index is 12.2. The van der Waals surface area contributed by atoms with E-state index in [1.807, 2.05) is 0 Å². The third-order valence-corrected chi connectivity index (χ3v) is 3.85. The molecule has 1 heterocycles. The Hall–Kier alpha value is -2.88. The van der Waals surface area contributed by atoms with E-state index in [0.29, 0.717) is 23.7 Å². The van der Waals surface area contributed by atoms with Crippen LogP contribution in [-0.2, 0) is 0 Å². The van der Waals surface area contributed by atoms with Gasteiger partial charge in [0.1, 0.15) is 16.7 Å². The van der Waals surface area contributed by atoms with Crippen molar-refractivity contribution in [3.05, 3.63) is 40.1 Å². The highest BCUT2D eigenvalue weighted by molar-refractivity contribution is 6.00. The number of rotatable bonds is 3. The lowest BCUT2D eigenvalue weighted by atomic mass is 9.78. The Labute approximate surface area is 119 Å². The molecule has 1 aliphatic rings. The molecule has 2 N–H and O–H groups in total. The monoisotopic (exact) mass is 284 g/mol. The number of nitro groups is 1. The Morgan fingerprint density at radius 2 is 2.24 bits per heavy atom. The quantitative estimate of drug-likeness (QED) is 0.664. The molecule has 0 atom stereocenters. The summed E-state index contributed by atoms with van der Waals surface area (Å²) in [5, 5.41) is 23.4. The minimum atomic E-state index is -0.791. The third kappa shape index (κ3) is 2.10. The second kappa shape index (κ2) is 4.59. The van der Waals surface area contributed by atoms with Crippen molar-refractivity contribution in [2.45, 2.75) is 24.8 Å². The van der Waals surface area contributed by atoms with Gasteiger partial charge in [-0.3, -0.25) is 14.9 Å². The number of para-hydroxylation sites is 1. The molecule has 0 aliphatic heterocycles. The molecule has 0 radical (unpaired) electrons. The average molecular weight is 284 g/mol. The standard InChI is InChI=1S/C14H12N4O3/c15-8-14(5-2-6-14)17-13(19)10-7-9-3-1-4-11(18(20)21)12(9)16-10/h1,3-4,7,16H,2,5-6H2,(H,17,19). The van der Waals surface area contributed by atoms with Crippen molar-refractivity contribution in [1.82, 2.24) is 10.3 Å². The molecule has 106 valence electrons. The van der Waals surface area contributed by atoms with Crippen molar-refractivity contribution in [1.29, 1.82) is 5.26 Å². The van der Waals surface area contributed by atoms with Gasteiger partial charge in [0.05, 0.1) is 11.0 Å². The number of nitrogens with one attached hydrogen (secondary N) is 2. The normalized spacial score (nSPS) is 16.0. The molecule has 21 heavy (non-hydrogen) atoms. The number of fused-ring (bicyclic) bond motifs is 1. The van der Waals surface area contributed by atoms with Gasteiger partial charge in [0.25, 0.3) is 11.6 Å². The van der Waals surface area contributed by atoms with Gasteiger partial charge in [-0.15, -0.1) is 0 Å². The zero-order chi connectivity index (χ0) is 15.0. The maximum Gasteiger partial charge on any atom is 0.293 e. The second-order valence-corrected chi connectivity index (χ2v) is 5.18. The molecule has 1 aliphatic carbocycles. The van der Waals surface area contributed by atoms with Crippen molar-refractivity contribution >= 4 is 22.5 Å². The summed E-state index contributed by atoms with van der Waals surface area (Å²) in [4.78, 5) is 25.4. The Morgan fingerprint density at radius 1 is 1.48 bits per heavy atom. The Balaban J connectivity index is 1.94. The molecule has 1 fully saturated rings. The number of aromatic nitrogens is 1. The molecule has 0 bridgehead atoms. The first-order valence-electron chi connectivity index (χ1n) is 6.54. The Morgan fingerprint density at radius 3 is 2.81 bits per heavy atom. The van der Waals surface area contributed by atoms with Crippen LogP contribution in [0, 0.1) is 21.4 Å². The number of non-ortho nitro benzene ring substituents is 1. The van der Waals surface area contributed by atoms with Crippen molar-refractivity contribution in [3.8, 4) is 6.07 Å². The average Bonchev–Trinajstić information content (AvgIpc) is 2.86. The van der Waals surface area contributed by atoms with Crippen LogP contribution in [0.2, 0.25) is 0 Å². The van der Waals surface area contributed by atoms with E-state index >= 15 is 0 Å². The number of nitriles is 1. The van der Waals surface area contributed by atoms with Gasteiger partial charge in [-0.25, -0.2) is 0 Å². The smallest absolute Gasteiger partial charge is 0.293 e. The summed E-state index contributed by atoms with van der Waals surface area (Å²) in [6.45, 7) is 0. The topological polar surface area (TPSA) is 112 Å². The number of nitro benzene ring substituents is 1. The van der Waals surface area contributed by atoms with E-state index in [1.54, 1.807) is 18.2 Å². The lowest BCUT2D eigenvalue weighted by molar-refractivity contribution is -0.383. The first-order valence-corrected chi connectivity index (χ1v) is 6.54. The van der Waals surface area contributed by atoms with Crippen LogP contribution in [0.5, 0.6) is 0 Å². The van der Waals surface area contributed by atoms with E-state index in [-0.39, 0.29) is 11.4 Å². The summed E-state index contributed by atoms with van der Waals surface area (Å²) in [7, 11) is 0. The fourth-order valence-electron chi connectivity index (χ4n) is 2.49. The number of H-pyrrole nitrogens is 1. The van der Waals surface area contributed by atoms with Crippen LogP contribution in [0.1, 0.15) is 29.8 Å². The van der Waals surface area contributed by atoms with E-state index in [9.17, 15) is 14.9 Å². The number of amides is 1. The summed E-state index contributed by atoms with van der Waals surface area (Å²) in [6, 6.07) is 8.32. The van der Waals surface area contributed by atoms with Crippen LogP contribution in [0.4, 0.5) is 5.69 Å². The predicted molar refractivity (Wildman–Crippen MR) is 74.6 cm³/mol. The van der Waals surface area contributed by atoms with Crippen molar-refractivity contribution in [3.63, 3.8) is 0 Å². The summed E-state index contributed by atoms with van der Waals surface area (Å²) in [5.41, 5.74) is -0.335. The van der Waals surface area contributed by atoms with E-state index < -0.39 is 16.4 Å². The minimum Gasteiger partial charge on any atom is -0.345 e. The molecule has 0 unspecified atom stereocenters. The highest BCUT2D eigenvalue weighted by atomic mass is 16.6. The van der Waals surface area contributed by atoms with Gasteiger partial charge in [0.2, 0.25) is 0 Å². The number of hydrogen-bond acceptors (Lipinski definition) is 4. The SMILES string of the molecule is N#CC1(NC(=O)c2cc3cccc([N+](=O)[O-])c3[nH]2)CCC1. The summed E-state index contributed by atoms with van der Waals surface area (Å²) < 4.78 is 0. The van der Waals surface area contributed by atoms with Crippen LogP contribution in [0.25, 0.3) is 10.9 Å². The lowest BCUT2D eigenvalue weighted by Gasteiger charge is -2.35. The van der Waals surface area contributed by atoms with Gasteiger partial charge in [-0.1, -0.05) is 12.1 Å². The molecule has 1 saturated carbocycles. The molecule has 1 aromatic heterocycles. The van der Waals surface area contributed by atoms with Gasteiger partial charge in [0, 0.05) is 11.5 Å². The van der Waals surface area contributed by atoms with E-state index in [0.717, 1.165) is 6.42 Å². The zero-order valence-corrected chi connectivity index (χ0v) is 11.0. The molecule has 0 spiro atoms. The first kappa shape index (κ1) is 13.1. The van der Waals surface area contributed by atoms with Crippen molar-refractivity contribution in [2.75, 3.05) is 0 Å². The molecule has 7 nitrogen and oxygen atoms in total. The zero-order valence-electron chi connectivity index (χ0n) is 11.0. The number of carbonyl (C=O) groups excluding carboxylic acids is 1. The molecule has 2 aromatic rings. The molecule has 1 aromatic carbocycles. The molecule has 1 amide bonds. The number of carbonyl (C=O) groups is 1. The van der Waals surface area contributed by atoms with Crippen molar-refractivity contribution in [2.24, 2.45) is 0 Å². The Bertz CT molecular complexity index is 783. The first-order chi connectivity index (χ1) is 10.0. The fourth-order valence-corrected chi connectivity index (χ4v) is 2.49. The van der Waals surface area contributed by atoms with Crippen molar-refractivity contribution < 1.29 is 9.72 Å². The molecular formula is C14H12N4O3. The van der Waals surface area contributed by atoms with Gasteiger partial charge in [0.15, 0.2) is 0 Å². The van der Waals surface area contributed by atoms with Gasteiger partial charge < -0.3 is 10.3 Å². The third-order valence-electron chi connectivity index (χ3n) is 3.85. The summed E-state index contributed by atoms with van der Waals surface area (Å²) in [5.74, 6) is -0.415. The van der Waals surface area contributed by atoms with Crippen LogP contribution in [0.15, 0.2) is 24.3 Å². The van der Waals surface area contributed by atoms with E-state index in [4.69, 9.17) is 5.26 Å². The maximum atomic E-state index is 12.2. The van der Waals surface area contributed by atoms with Crippen LogP contribution in [0.3, 0.4) is 0 Å². The largest absolute Gasteiger partial charge is 0.345 e. The van der Waals surface area contributed by atoms with Gasteiger partial charge in [-0.2, -0.15) is 5.26 Å². The van der Waals surface area contributed by atoms with Gasteiger partial charge >= 0.3 is 0 Å². The van der Waals surface area contributed by atoms with E-state index in [2.05, 4.69) is 16.4 Å². The van der Waals surface area contributed by atoms with Crippen LogP contribution in [-0.4, -0.2) is 21.4 Å². The van der Waals surface area contributed by atoms with Crippen LogP contribution >= 0.6 is 0 Å². The number of hydrogen-bond donors (Lipinski definition) is 2. The van der Waals surface area contributed by atoms with Gasteiger partial charge in [-0.05, 0) is 25.3 Å². The molecule has 7 heteroatoms. The molecule has 0 saturated heterocycles. The van der Waals surface area contributed by atoms with E-state index in [1.165, 1.54) is 6.07 Å². The van der Waals surface area contributed by atoms with Crippen LogP contribution < -0.4 is 5.32 Å². The number of nitrogens with zero attached hydrogens (tertiary/aromatic N) is 2. The Kier molecular flexibility index (Phi) is 2.87. The molecule has 3 rings (SSSR count). The summed E-state index contributed by atoms with van der Waals surface area (Å²) >= 11 is 0. The number of aromatic amines is 1.